The number of nitrogens with one attached hydrogen (secondary N) is 1. The van der Waals surface area contributed by atoms with Crippen molar-refractivity contribution < 1.29 is 27.5 Å². The molecule has 4 nitrogen and oxygen atoms in total. The molecule has 0 aliphatic heterocycles. The summed E-state index contributed by atoms with van der Waals surface area (Å²) in [4.78, 5) is 15.8. The third-order valence-electron chi connectivity index (χ3n) is 1.84. The van der Waals surface area contributed by atoms with Crippen molar-refractivity contribution in [2.75, 3.05) is 6.54 Å². The highest BCUT2D eigenvalue weighted by Gasteiger charge is 2.30. The van der Waals surface area contributed by atoms with Crippen LogP contribution < -0.4 is 10.2 Å². The maximum absolute atomic E-state index is 11.9. The van der Waals surface area contributed by atoms with Crippen LogP contribution in [0.25, 0.3) is 0 Å². The summed E-state index contributed by atoms with van der Waals surface area (Å²) >= 11 is 0. The van der Waals surface area contributed by atoms with Gasteiger partial charge in [-0.05, 0) is 24.6 Å². The van der Waals surface area contributed by atoms with E-state index in [1.165, 1.54) is 12.1 Å². The Kier molecular flexibility index (Phi) is 4.96. The molecule has 0 saturated heterocycles. The first-order valence-electron chi connectivity index (χ1n) is 5.18. The first-order chi connectivity index (χ1) is 8.40. The van der Waals surface area contributed by atoms with Crippen molar-refractivity contribution in [2.24, 2.45) is 0 Å². The Morgan fingerprint density at radius 2 is 1.89 bits per heavy atom. The molecule has 0 amide bonds. The molecular weight excluding hydrogens is 251 g/mol. The van der Waals surface area contributed by atoms with Gasteiger partial charge in [0, 0.05) is 6.54 Å². The van der Waals surface area contributed by atoms with Crippen molar-refractivity contribution in [1.82, 2.24) is 5.48 Å². The van der Waals surface area contributed by atoms with Gasteiger partial charge in [-0.1, -0.05) is 12.1 Å². The van der Waals surface area contributed by atoms with Gasteiger partial charge in [-0.15, -0.1) is 13.2 Å². The van der Waals surface area contributed by atoms with Gasteiger partial charge in [-0.2, -0.15) is 5.48 Å². The van der Waals surface area contributed by atoms with Gasteiger partial charge in [-0.3, -0.25) is 4.79 Å². The summed E-state index contributed by atoms with van der Waals surface area (Å²) in [5.74, 6) is -0.840. The third-order valence-corrected chi connectivity index (χ3v) is 1.84. The van der Waals surface area contributed by atoms with Gasteiger partial charge in [-0.25, -0.2) is 0 Å². The normalized spacial score (nSPS) is 11.1. The number of hydroxylamine groups is 1. The zero-order valence-electron chi connectivity index (χ0n) is 9.58. The van der Waals surface area contributed by atoms with E-state index in [1.807, 2.05) is 0 Å². The lowest BCUT2D eigenvalue weighted by atomic mass is 10.1. The largest absolute Gasteiger partial charge is 0.573 e. The van der Waals surface area contributed by atoms with E-state index in [0.717, 1.165) is 12.1 Å². The lowest BCUT2D eigenvalue weighted by molar-refractivity contribution is -0.274. The van der Waals surface area contributed by atoms with Crippen LogP contribution in [0, 0.1) is 0 Å². The van der Waals surface area contributed by atoms with Crippen molar-refractivity contribution >= 4 is 5.97 Å². The van der Waals surface area contributed by atoms with E-state index in [4.69, 9.17) is 0 Å². The topological polar surface area (TPSA) is 47.6 Å². The average molecular weight is 263 g/mol. The minimum Gasteiger partial charge on any atom is -0.406 e. The number of carbonyl (C=O) groups excluding carboxylic acids is 1. The van der Waals surface area contributed by atoms with Crippen LogP contribution >= 0.6 is 0 Å². The van der Waals surface area contributed by atoms with Crippen LogP contribution in [-0.4, -0.2) is 18.9 Å². The molecule has 0 heterocycles. The van der Waals surface area contributed by atoms with E-state index < -0.39 is 12.3 Å². The summed E-state index contributed by atoms with van der Waals surface area (Å²) in [6, 6.07) is 5.02. The van der Waals surface area contributed by atoms with Crippen molar-refractivity contribution in [3.63, 3.8) is 0 Å². The highest BCUT2D eigenvalue weighted by atomic mass is 19.4. The minimum absolute atomic E-state index is 0.0285. The maximum Gasteiger partial charge on any atom is 0.573 e. The molecule has 0 radical (unpaired) electrons. The van der Waals surface area contributed by atoms with Crippen molar-refractivity contribution in [2.45, 2.75) is 19.7 Å². The molecule has 1 rings (SSSR count). The van der Waals surface area contributed by atoms with Gasteiger partial charge >= 0.3 is 12.3 Å². The molecule has 1 aromatic carbocycles. The van der Waals surface area contributed by atoms with E-state index >= 15 is 0 Å². The fourth-order valence-corrected chi connectivity index (χ4v) is 1.16. The highest BCUT2D eigenvalue weighted by molar-refractivity contribution is 5.72. The third kappa shape index (κ3) is 5.53. The summed E-state index contributed by atoms with van der Waals surface area (Å²) in [6.45, 7) is 2.24. The lowest BCUT2D eigenvalue weighted by Crippen LogP contribution is -2.20. The number of hydrogen-bond donors (Lipinski definition) is 1. The zero-order chi connectivity index (χ0) is 13.6. The smallest absolute Gasteiger partial charge is 0.406 e. The van der Waals surface area contributed by atoms with Crippen LogP contribution in [0.1, 0.15) is 12.5 Å². The molecule has 0 aliphatic rings. The second-order valence-corrected chi connectivity index (χ2v) is 3.34. The molecule has 0 bridgehead atoms. The Labute approximate surface area is 102 Å². The van der Waals surface area contributed by atoms with Crippen LogP contribution in [0.2, 0.25) is 0 Å². The van der Waals surface area contributed by atoms with Gasteiger partial charge in [0.1, 0.15) is 5.75 Å². The summed E-state index contributed by atoms with van der Waals surface area (Å²) in [5.41, 5.74) is 2.92. The number of hydrogen-bond acceptors (Lipinski definition) is 4. The molecular formula is C11H12F3NO3. The van der Waals surface area contributed by atoms with Crippen LogP contribution in [0.3, 0.4) is 0 Å². The predicted octanol–water partition coefficient (Wildman–Crippen LogP) is 2.20. The first kappa shape index (κ1) is 14.3. The van der Waals surface area contributed by atoms with E-state index in [2.05, 4.69) is 15.1 Å². The molecule has 0 aromatic heterocycles. The minimum atomic E-state index is -4.72. The van der Waals surface area contributed by atoms with Crippen LogP contribution in [0.5, 0.6) is 5.75 Å². The van der Waals surface area contributed by atoms with E-state index in [0.29, 0.717) is 12.1 Å². The molecule has 0 saturated carbocycles. The van der Waals surface area contributed by atoms with Gasteiger partial charge in [0.05, 0.1) is 6.42 Å². The Balaban J connectivity index is 2.52. The highest BCUT2D eigenvalue weighted by Crippen LogP contribution is 2.22. The first-order valence-corrected chi connectivity index (χ1v) is 5.18. The van der Waals surface area contributed by atoms with Gasteiger partial charge in [0.15, 0.2) is 0 Å². The molecule has 0 atom stereocenters. The second kappa shape index (κ2) is 6.25. The SMILES string of the molecule is CCNOC(=O)Cc1ccc(OC(F)(F)F)cc1. The van der Waals surface area contributed by atoms with E-state index in [9.17, 15) is 18.0 Å². The molecule has 0 fully saturated rings. The number of halogens is 3. The fraction of sp³-hybridized carbons (Fsp3) is 0.364. The van der Waals surface area contributed by atoms with E-state index in [-0.39, 0.29) is 12.2 Å². The molecule has 18 heavy (non-hydrogen) atoms. The molecule has 100 valence electrons. The Hall–Kier alpha value is -1.76. The molecule has 0 spiro atoms. The number of rotatable bonds is 5. The lowest BCUT2D eigenvalue weighted by Gasteiger charge is -2.09. The van der Waals surface area contributed by atoms with Gasteiger partial charge < -0.3 is 9.57 Å². The maximum atomic E-state index is 11.9. The van der Waals surface area contributed by atoms with Crippen LogP contribution in [0.15, 0.2) is 24.3 Å². The molecule has 7 heteroatoms. The van der Waals surface area contributed by atoms with Crippen molar-refractivity contribution in [3.05, 3.63) is 29.8 Å². The van der Waals surface area contributed by atoms with Crippen molar-refractivity contribution in [3.8, 4) is 5.75 Å². The predicted molar refractivity (Wildman–Crippen MR) is 56.6 cm³/mol. The van der Waals surface area contributed by atoms with Crippen LogP contribution in [-0.2, 0) is 16.1 Å². The van der Waals surface area contributed by atoms with Crippen molar-refractivity contribution in [1.29, 1.82) is 0 Å². The summed E-state index contributed by atoms with van der Waals surface area (Å²) in [6.07, 6.45) is -4.75. The number of alkyl halides is 3. The monoisotopic (exact) mass is 263 g/mol. The number of carbonyl (C=O) groups is 1. The quantitative estimate of drug-likeness (QED) is 0.827. The summed E-state index contributed by atoms with van der Waals surface area (Å²) in [5, 5.41) is 0. The Morgan fingerprint density at radius 1 is 1.28 bits per heavy atom. The van der Waals surface area contributed by atoms with E-state index in [1.54, 1.807) is 6.92 Å². The van der Waals surface area contributed by atoms with Crippen LogP contribution in [0.4, 0.5) is 13.2 Å². The summed E-state index contributed by atoms with van der Waals surface area (Å²) < 4.78 is 39.4. The molecule has 1 N–H and O–H groups in total. The molecule has 0 unspecified atom stereocenters. The molecule has 0 aliphatic carbocycles. The average Bonchev–Trinajstić information content (AvgIpc) is 2.27. The number of benzene rings is 1. The Bertz CT molecular complexity index is 390. The van der Waals surface area contributed by atoms with Gasteiger partial charge in [0.25, 0.3) is 0 Å². The Morgan fingerprint density at radius 3 is 2.39 bits per heavy atom. The van der Waals surface area contributed by atoms with Gasteiger partial charge in [0.2, 0.25) is 0 Å². The second-order valence-electron chi connectivity index (χ2n) is 3.34. The molecule has 1 aromatic rings. The number of ether oxygens (including phenoxy) is 1. The fourth-order valence-electron chi connectivity index (χ4n) is 1.16. The summed E-state index contributed by atoms with van der Waals surface area (Å²) in [7, 11) is 0. The zero-order valence-corrected chi connectivity index (χ0v) is 9.58. The standard InChI is InChI=1S/C11H12F3NO3/c1-2-15-18-10(16)7-8-3-5-9(6-4-8)17-11(12,13)14/h3-6,15H,2,7H2,1H3.